The van der Waals surface area contributed by atoms with E-state index in [2.05, 4.69) is 37.5 Å². The van der Waals surface area contributed by atoms with Crippen LogP contribution in [0, 0.1) is 11.8 Å². The van der Waals surface area contributed by atoms with Gasteiger partial charge in [0.1, 0.15) is 18.6 Å². The van der Waals surface area contributed by atoms with E-state index in [0.29, 0.717) is 13.0 Å². The molecule has 0 aromatic heterocycles. The van der Waals surface area contributed by atoms with Gasteiger partial charge in [0.25, 0.3) is 0 Å². The third kappa shape index (κ3) is 5.14. The Morgan fingerprint density at radius 3 is 2.57 bits per heavy atom. The second-order valence-corrected chi connectivity index (χ2v) is 15.1. The molecule has 0 aromatic carbocycles. The van der Waals surface area contributed by atoms with Crippen molar-refractivity contribution >= 4 is 21.5 Å². The summed E-state index contributed by atoms with van der Waals surface area (Å²) >= 11 is 0. The van der Waals surface area contributed by atoms with Crippen LogP contribution < -0.4 is 5.32 Å². The van der Waals surface area contributed by atoms with Crippen molar-refractivity contribution in [2.24, 2.45) is 11.8 Å². The molecule has 0 bridgehead atoms. The summed E-state index contributed by atoms with van der Waals surface area (Å²) < 4.78 is 12.2. The van der Waals surface area contributed by atoms with Crippen LogP contribution in [-0.2, 0) is 13.8 Å². The van der Waals surface area contributed by atoms with E-state index in [1.807, 2.05) is 13.3 Å². The molecule has 0 saturated carbocycles. The van der Waals surface area contributed by atoms with E-state index in [9.17, 15) is 15.0 Å². The molecule has 1 amide bonds. The lowest BCUT2D eigenvalue weighted by molar-refractivity contribution is -0.127. The molecular weight excluding hydrogens is 396 g/mol. The van der Waals surface area contributed by atoms with Crippen molar-refractivity contribution in [3.63, 3.8) is 0 Å². The van der Waals surface area contributed by atoms with E-state index in [-0.39, 0.29) is 18.4 Å². The first-order chi connectivity index (χ1) is 12.9. The SMILES string of the molecule is CP(C)O[C@@H]([C@@H]1C=CCCC1)[C@@]1(CO)NC(=O)[C@H](CCO[P+](C)(C)C)[C@]1(C)O. The van der Waals surface area contributed by atoms with Crippen molar-refractivity contribution < 1.29 is 24.1 Å². The minimum Gasteiger partial charge on any atom is -0.394 e. The molecule has 8 heteroatoms. The fourth-order valence-electron chi connectivity index (χ4n) is 4.36. The minimum absolute atomic E-state index is 0.0491. The van der Waals surface area contributed by atoms with Gasteiger partial charge in [0, 0.05) is 14.1 Å². The lowest BCUT2D eigenvalue weighted by Gasteiger charge is -2.48. The van der Waals surface area contributed by atoms with Crippen LogP contribution in [0.3, 0.4) is 0 Å². The first-order valence-corrected chi connectivity index (χ1v) is 15.3. The Morgan fingerprint density at radius 2 is 2.07 bits per heavy atom. The highest BCUT2D eigenvalue weighted by Crippen LogP contribution is 2.50. The van der Waals surface area contributed by atoms with E-state index in [0.717, 1.165) is 19.3 Å². The molecule has 1 aliphatic heterocycles. The monoisotopic (exact) mass is 434 g/mol. The number of carbonyl (C=O) groups is 1. The van der Waals surface area contributed by atoms with Crippen molar-refractivity contribution in [1.29, 1.82) is 0 Å². The summed E-state index contributed by atoms with van der Waals surface area (Å²) in [6, 6.07) is 0. The summed E-state index contributed by atoms with van der Waals surface area (Å²) in [5, 5.41) is 25.0. The van der Waals surface area contributed by atoms with Gasteiger partial charge in [-0.1, -0.05) is 12.2 Å². The van der Waals surface area contributed by atoms with Crippen molar-refractivity contribution in [3.05, 3.63) is 12.2 Å². The molecule has 0 unspecified atom stereocenters. The number of carbonyl (C=O) groups excluding carboxylic acids is 1. The fourth-order valence-corrected chi connectivity index (χ4v) is 5.80. The number of aliphatic hydroxyl groups is 2. The second kappa shape index (κ2) is 9.37. The van der Waals surface area contributed by atoms with Gasteiger partial charge < -0.3 is 20.1 Å². The van der Waals surface area contributed by atoms with Crippen molar-refractivity contribution in [2.75, 3.05) is 46.5 Å². The molecule has 0 spiro atoms. The van der Waals surface area contributed by atoms with Crippen LogP contribution in [0.15, 0.2) is 12.2 Å². The van der Waals surface area contributed by atoms with Gasteiger partial charge in [-0.25, -0.2) is 4.52 Å². The van der Waals surface area contributed by atoms with Gasteiger partial charge in [-0.2, -0.15) is 0 Å². The maximum atomic E-state index is 12.9. The second-order valence-electron chi connectivity index (χ2n) is 9.19. The molecule has 28 heavy (non-hydrogen) atoms. The summed E-state index contributed by atoms with van der Waals surface area (Å²) in [4.78, 5) is 12.9. The predicted octanol–water partition coefficient (Wildman–Crippen LogP) is 2.84. The Kier molecular flexibility index (Phi) is 8.09. The highest BCUT2D eigenvalue weighted by molar-refractivity contribution is 7.69. The van der Waals surface area contributed by atoms with Crippen LogP contribution in [0.4, 0.5) is 0 Å². The van der Waals surface area contributed by atoms with Crippen molar-refractivity contribution in [1.82, 2.24) is 5.32 Å². The lowest BCUT2D eigenvalue weighted by Crippen LogP contribution is -2.68. The molecule has 5 atom stereocenters. The van der Waals surface area contributed by atoms with E-state index in [1.54, 1.807) is 6.92 Å². The van der Waals surface area contributed by atoms with Gasteiger partial charge in [0.2, 0.25) is 5.91 Å². The van der Waals surface area contributed by atoms with Crippen LogP contribution in [0.1, 0.15) is 32.6 Å². The summed E-state index contributed by atoms with van der Waals surface area (Å²) in [7, 11) is -2.17. The van der Waals surface area contributed by atoms with Crippen molar-refractivity contribution in [2.45, 2.75) is 49.9 Å². The van der Waals surface area contributed by atoms with Gasteiger partial charge in [0.15, 0.2) is 0 Å². The summed E-state index contributed by atoms with van der Waals surface area (Å²) in [5.74, 6) is -0.835. The smallest absolute Gasteiger partial charge is 0.226 e. The van der Waals surface area contributed by atoms with Crippen LogP contribution in [-0.4, -0.2) is 79.9 Å². The third-order valence-corrected chi connectivity index (χ3v) is 7.48. The Bertz CT molecular complexity index is 575. The Balaban J connectivity index is 2.32. The Hall–Kier alpha value is -0.0900. The van der Waals surface area contributed by atoms with E-state index in [1.165, 1.54) is 0 Å². The molecule has 6 nitrogen and oxygen atoms in total. The zero-order valence-electron chi connectivity index (χ0n) is 18.1. The number of hydrogen-bond acceptors (Lipinski definition) is 5. The van der Waals surface area contributed by atoms with Gasteiger partial charge in [-0.3, -0.25) is 4.79 Å². The van der Waals surface area contributed by atoms with Gasteiger partial charge in [-0.15, -0.1) is 0 Å². The molecule has 1 heterocycles. The number of allylic oxidation sites excluding steroid dienone is 1. The van der Waals surface area contributed by atoms with E-state index < -0.39 is 38.8 Å². The van der Waals surface area contributed by atoms with Gasteiger partial charge in [0.05, 0.1) is 45.2 Å². The largest absolute Gasteiger partial charge is 0.394 e. The zero-order chi connectivity index (χ0) is 21.2. The van der Waals surface area contributed by atoms with Crippen LogP contribution in [0.25, 0.3) is 0 Å². The number of nitrogens with one attached hydrogen (secondary N) is 1. The van der Waals surface area contributed by atoms with Gasteiger partial charge >= 0.3 is 0 Å². The van der Waals surface area contributed by atoms with E-state index in [4.69, 9.17) is 9.05 Å². The molecule has 0 aromatic rings. The summed E-state index contributed by atoms with van der Waals surface area (Å²) in [6.07, 6.45) is 7.17. The topological polar surface area (TPSA) is 88.0 Å². The molecule has 1 saturated heterocycles. The first kappa shape index (κ1) is 24.2. The number of aliphatic hydroxyl groups excluding tert-OH is 1. The highest BCUT2D eigenvalue weighted by atomic mass is 31.2. The Labute approximate surface area is 171 Å². The molecule has 162 valence electrons. The number of amides is 1. The lowest BCUT2D eigenvalue weighted by atomic mass is 9.68. The van der Waals surface area contributed by atoms with Gasteiger partial charge in [-0.05, 0) is 45.9 Å². The molecular formula is C20H38NO5P2+. The number of rotatable bonds is 9. The van der Waals surface area contributed by atoms with E-state index >= 15 is 0 Å². The molecule has 2 aliphatic rings. The molecule has 1 aliphatic carbocycles. The average Bonchev–Trinajstić information content (AvgIpc) is 2.79. The normalized spacial score (nSPS) is 34.7. The quantitative estimate of drug-likeness (QED) is 0.384. The maximum Gasteiger partial charge on any atom is 0.226 e. The molecule has 1 fully saturated rings. The van der Waals surface area contributed by atoms with Crippen LogP contribution in [0.2, 0.25) is 0 Å². The molecule has 3 N–H and O–H groups in total. The summed E-state index contributed by atoms with van der Waals surface area (Å²) in [5.41, 5.74) is -2.68. The standard InChI is InChI=1S/C20H37NO5P2/c1-19(24)16(12-13-25-28(4,5)6)18(23)21-20(19,14-22)17(26-27(2)3)15-10-8-7-9-11-15/h8,10,15-17,22,24H,7,9,11-14H2,1-6H3/p+1/t15-,16+,17+,19+,20-/m1/s1. The molecule has 0 radical (unpaired) electrons. The third-order valence-electron chi connectivity index (χ3n) is 5.87. The van der Waals surface area contributed by atoms with Crippen LogP contribution >= 0.6 is 15.6 Å². The minimum atomic E-state index is -1.44. The first-order valence-electron chi connectivity index (χ1n) is 10.1. The molecule has 2 rings (SSSR count). The average molecular weight is 434 g/mol. The fraction of sp³-hybridized carbons (Fsp3) is 0.850. The predicted molar refractivity (Wildman–Crippen MR) is 117 cm³/mol. The Morgan fingerprint density at radius 1 is 1.39 bits per heavy atom. The summed E-state index contributed by atoms with van der Waals surface area (Å²) in [6.45, 7) is 11.9. The van der Waals surface area contributed by atoms with Crippen LogP contribution in [0.5, 0.6) is 0 Å². The highest BCUT2D eigenvalue weighted by Gasteiger charge is 2.65. The zero-order valence-corrected chi connectivity index (χ0v) is 19.9. The number of hydrogen-bond donors (Lipinski definition) is 3. The maximum absolute atomic E-state index is 12.9. The van der Waals surface area contributed by atoms with Crippen molar-refractivity contribution in [3.8, 4) is 0 Å².